The summed E-state index contributed by atoms with van der Waals surface area (Å²) in [5, 5.41) is 22.2. The molecule has 1 atom stereocenters. The smallest absolute Gasteiger partial charge is 0.120 e. The molecule has 19 heavy (non-hydrogen) atoms. The Kier molecular flexibility index (Phi) is 4.08. The zero-order chi connectivity index (χ0) is 13.8. The molecule has 0 saturated heterocycles. The van der Waals surface area contributed by atoms with Crippen molar-refractivity contribution in [3.63, 3.8) is 0 Å². The molecule has 0 aliphatic carbocycles. The summed E-state index contributed by atoms with van der Waals surface area (Å²) in [6.45, 7) is 1.94. The van der Waals surface area contributed by atoms with Crippen molar-refractivity contribution in [2.24, 2.45) is 0 Å². The normalized spacial score (nSPS) is 11.6. The Morgan fingerprint density at radius 1 is 1.26 bits per heavy atom. The molecule has 2 aromatic carbocycles. The summed E-state index contributed by atoms with van der Waals surface area (Å²) in [5.74, 6) is 0.246. The highest BCUT2D eigenvalue weighted by Gasteiger charge is 2.11. The molecule has 2 aromatic rings. The Balaban J connectivity index is 2.29. The second-order valence-electron chi connectivity index (χ2n) is 4.23. The summed E-state index contributed by atoms with van der Waals surface area (Å²) in [6, 6.07) is 14.7. The summed E-state index contributed by atoms with van der Waals surface area (Å²) >= 11 is 3.39. The Morgan fingerprint density at radius 2 is 2.00 bits per heavy atom. The number of phenols is 1. The molecule has 3 nitrogen and oxygen atoms in total. The van der Waals surface area contributed by atoms with Gasteiger partial charge in [-0.15, -0.1) is 0 Å². The van der Waals surface area contributed by atoms with Gasteiger partial charge in [-0.05, 0) is 31.2 Å². The number of anilines is 1. The predicted molar refractivity (Wildman–Crippen MR) is 79.0 cm³/mol. The minimum absolute atomic E-state index is 0.0948. The SMILES string of the molecule is CC(Nc1cc(Br)ccc1C#N)c1ccccc1O. The van der Waals surface area contributed by atoms with Crippen LogP contribution in [0, 0.1) is 11.3 Å². The van der Waals surface area contributed by atoms with E-state index in [-0.39, 0.29) is 11.8 Å². The number of benzene rings is 2. The third-order valence-corrected chi connectivity index (χ3v) is 3.37. The summed E-state index contributed by atoms with van der Waals surface area (Å²) in [6.07, 6.45) is 0. The Labute approximate surface area is 120 Å². The van der Waals surface area contributed by atoms with Crippen molar-refractivity contribution in [2.45, 2.75) is 13.0 Å². The van der Waals surface area contributed by atoms with Crippen LogP contribution in [-0.2, 0) is 0 Å². The number of rotatable bonds is 3. The number of nitrogens with zero attached hydrogens (tertiary/aromatic N) is 1. The van der Waals surface area contributed by atoms with Crippen molar-refractivity contribution >= 4 is 21.6 Å². The fraction of sp³-hybridized carbons (Fsp3) is 0.133. The van der Waals surface area contributed by atoms with Crippen LogP contribution in [-0.4, -0.2) is 5.11 Å². The van der Waals surface area contributed by atoms with E-state index >= 15 is 0 Å². The van der Waals surface area contributed by atoms with Crippen LogP contribution in [0.5, 0.6) is 5.75 Å². The van der Waals surface area contributed by atoms with E-state index in [0.717, 1.165) is 15.7 Å². The first-order chi connectivity index (χ1) is 9.11. The fourth-order valence-electron chi connectivity index (χ4n) is 1.90. The highest BCUT2D eigenvalue weighted by atomic mass is 79.9. The van der Waals surface area contributed by atoms with Gasteiger partial charge in [0.2, 0.25) is 0 Å². The molecule has 2 N–H and O–H groups in total. The van der Waals surface area contributed by atoms with E-state index in [9.17, 15) is 5.11 Å². The summed E-state index contributed by atoms with van der Waals surface area (Å²) in [4.78, 5) is 0. The lowest BCUT2D eigenvalue weighted by atomic mass is 10.1. The van der Waals surface area contributed by atoms with Crippen LogP contribution in [0.15, 0.2) is 46.9 Å². The molecular weight excluding hydrogens is 304 g/mol. The van der Waals surface area contributed by atoms with Crippen LogP contribution in [0.2, 0.25) is 0 Å². The van der Waals surface area contributed by atoms with Crippen molar-refractivity contribution in [1.82, 2.24) is 0 Å². The number of nitriles is 1. The summed E-state index contributed by atoms with van der Waals surface area (Å²) < 4.78 is 0.901. The van der Waals surface area contributed by atoms with Gasteiger partial charge in [-0.2, -0.15) is 5.26 Å². The maximum Gasteiger partial charge on any atom is 0.120 e. The Bertz CT molecular complexity index is 634. The van der Waals surface area contributed by atoms with Gasteiger partial charge in [-0.1, -0.05) is 34.1 Å². The molecule has 0 saturated carbocycles. The number of nitrogens with one attached hydrogen (secondary N) is 1. The molecule has 0 aromatic heterocycles. The molecule has 0 spiro atoms. The first-order valence-corrected chi connectivity index (χ1v) is 6.65. The van der Waals surface area contributed by atoms with Crippen LogP contribution in [0.25, 0.3) is 0 Å². The quantitative estimate of drug-likeness (QED) is 0.892. The first kappa shape index (κ1) is 13.4. The average molecular weight is 317 g/mol. The lowest BCUT2D eigenvalue weighted by molar-refractivity contribution is 0.465. The molecule has 1 unspecified atom stereocenters. The minimum Gasteiger partial charge on any atom is -0.508 e. The number of para-hydroxylation sites is 1. The second kappa shape index (κ2) is 5.77. The molecule has 0 radical (unpaired) electrons. The van der Waals surface area contributed by atoms with Crippen molar-refractivity contribution in [3.8, 4) is 11.8 Å². The van der Waals surface area contributed by atoms with E-state index in [2.05, 4.69) is 27.3 Å². The average Bonchev–Trinajstić information content (AvgIpc) is 2.39. The summed E-state index contributed by atoms with van der Waals surface area (Å²) in [5.41, 5.74) is 2.12. The maximum absolute atomic E-state index is 9.83. The largest absolute Gasteiger partial charge is 0.508 e. The van der Waals surface area contributed by atoms with E-state index < -0.39 is 0 Å². The number of phenolic OH excluding ortho intramolecular Hbond substituents is 1. The van der Waals surface area contributed by atoms with Crippen LogP contribution in [0.4, 0.5) is 5.69 Å². The lowest BCUT2D eigenvalue weighted by Crippen LogP contribution is -2.08. The molecule has 4 heteroatoms. The van der Waals surface area contributed by atoms with E-state index in [4.69, 9.17) is 5.26 Å². The number of aromatic hydroxyl groups is 1. The van der Waals surface area contributed by atoms with Gasteiger partial charge in [0.25, 0.3) is 0 Å². The Hall–Kier alpha value is -1.99. The van der Waals surface area contributed by atoms with Gasteiger partial charge in [0.15, 0.2) is 0 Å². The van der Waals surface area contributed by atoms with Gasteiger partial charge in [0.05, 0.1) is 17.3 Å². The number of hydrogen-bond donors (Lipinski definition) is 2. The topological polar surface area (TPSA) is 56.0 Å². The molecular formula is C15H13BrN2O. The van der Waals surface area contributed by atoms with Gasteiger partial charge < -0.3 is 10.4 Å². The zero-order valence-electron chi connectivity index (χ0n) is 10.4. The summed E-state index contributed by atoms with van der Waals surface area (Å²) in [7, 11) is 0. The second-order valence-corrected chi connectivity index (χ2v) is 5.14. The minimum atomic E-state index is -0.0948. The third kappa shape index (κ3) is 3.07. The van der Waals surface area contributed by atoms with E-state index in [1.54, 1.807) is 18.2 Å². The van der Waals surface area contributed by atoms with Crippen LogP contribution < -0.4 is 5.32 Å². The van der Waals surface area contributed by atoms with Gasteiger partial charge in [-0.25, -0.2) is 0 Å². The molecule has 0 aliphatic rings. The van der Waals surface area contributed by atoms with Gasteiger partial charge in [0.1, 0.15) is 11.8 Å². The molecule has 0 bridgehead atoms. The van der Waals surface area contributed by atoms with Crippen LogP contribution >= 0.6 is 15.9 Å². The zero-order valence-corrected chi connectivity index (χ0v) is 12.0. The van der Waals surface area contributed by atoms with Gasteiger partial charge in [0, 0.05) is 10.0 Å². The van der Waals surface area contributed by atoms with Crippen molar-refractivity contribution in [2.75, 3.05) is 5.32 Å². The highest BCUT2D eigenvalue weighted by molar-refractivity contribution is 9.10. The fourth-order valence-corrected chi connectivity index (χ4v) is 2.26. The standard InChI is InChI=1S/C15H13BrN2O/c1-10(13-4-2-3-5-15(13)19)18-14-8-12(16)7-6-11(14)9-17/h2-8,10,18-19H,1H3. The molecule has 96 valence electrons. The molecule has 0 amide bonds. The molecule has 2 rings (SSSR count). The van der Waals surface area contributed by atoms with Crippen molar-refractivity contribution < 1.29 is 5.11 Å². The van der Waals surface area contributed by atoms with E-state index in [1.165, 1.54) is 0 Å². The molecule has 0 heterocycles. The van der Waals surface area contributed by atoms with Crippen LogP contribution in [0.3, 0.4) is 0 Å². The van der Waals surface area contributed by atoms with Crippen molar-refractivity contribution in [3.05, 3.63) is 58.1 Å². The molecule has 0 aliphatic heterocycles. The number of halogens is 1. The lowest BCUT2D eigenvalue weighted by Gasteiger charge is -2.17. The maximum atomic E-state index is 9.83. The van der Waals surface area contributed by atoms with Gasteiger partial charge in [-0.3, -0.25) is 0 Å². The first-order valence-electron chi connectivity index (χ1n) is 5.86. The van der Waals surface area contributed by atoms with Crippen molar-refractivity contribution in [1.29, 1.82) is 5.26 Å². The Morgan fingerprint density at radius 3 is 2.68 bits per heavy atom. The van der Waals surface area contributed by atoms with Crippen LogP contribution in [0.1, 0.15) is 24.1 Å². The van der Waals surface area contributed by atoms with E-state index in [1.807, 2.05) is 31.2 Å². The highest BCUT2D eigenvalue weighted by Crippen LogP contribution is 2.29. The number of hydrogen-bond acceptors (Lipinski definition) is 3. The molecule has 0 fully saturated rings. The monoisotopic (exact) mass is 316 g/mol. The predicted octanol–water partition coefficient (Wildman–Crippen LogP) is 4.20. The third-order valence-electron chi connectivity index (χ3n) is 2.88. The van der Waals surface area contributed by atoms with Gasteiger partial charge >= 0.3 is 0 Å². The van der Waals surface area contributed by atoms with E-state index in [0.29, 0.717) is 5.56 Å².